The summed E-state index contributed by atoms with van der Waals surface area (Å²) in [5, 5.41) is 0. The number of ether oxygens (including phenoxy) is 3. The van der Waals surface area contributed by atoms with E-state index in [-0.39, 0.29) is 38.2 Å². The minimum Gasteiger partial charge on any atom is -0.459 e. The number of hydrogen-bond donors (Lipinski definition) is 0. The number of carbonyl (C=O) groups is 7. The molecule has 3 amide bonds. The van der Waals surface area contributed by atoms with Crippen molar-refractivity contribution in [3.8, 4) is 0 Å². The summed E-state index contributed by atoms with van der Waals surface area (Å²) >= 11 is 0. The molecule has 0 saturated carbocycles. The van der Waals surface area contributed by atoms with Gasteiger partial charge in [0.1, 0.15) is 18.5 Å². The van der Waals surface area contributed by atoms with Crippen LogP contribution in [-0.4, -0.2) is 91.5 Å². The number of esters is 3. The van der Waals surface area contributed by atoms with E-state index in [4.69, 9.17) is 14.2 Å². The van der Waals surface area contributed by atoms with Gasteiger partial charge < -0.3 is 19.1 Å². The van der Waals surface area contributed by atoms with Crippen LogP contribution in [0.25, 0.3) is 0 Å². The molecule has 0 radical (unpaired) electrons. The SMILES string of the molecule is CCCCC(=O)OC1C(=O)N(C2C(=O)N(C(C(=O)OCc3ccccc3C(C)C)C(=O)C(C)(C)C)C2CCc2ncccn2)C(=O)C1OC(=O)CCCC. The van der Waals surface area contributed by atoms with Crippen LogP contribution < -0.4 is 0 Å². The van der Waals surface area contributed by atoms with Crippen molar-refractivity contribution in [2.24, 2.45) is 5.41 Å². The molecule has 292 valence electrons. The Morgan fingerprint density at radius 1 is 0.815 bits per heavy atom. The minimum absolute atomic E-state index is 0.0246. The molecule has 5 unspecified atom stereocenters. The van der Waals surface area contributed by atoms with Crippen LogP contribution in [0.15, 0.2) is 42.7 Å². The van der Waals surface area contributed by atoms with Gasteiger partial charge in [-0.1, -0.05) is 85.6 Å². The number of ketones is 1. The molecule has 3 heterocycles. The third-order valence-corrected chi connectivity index (χ3v) is 9.55. The van der Waals surface area contributed by atoms with E-state index in [0.717, 1.165) is 16.0 Å². The highest BCUT2D eigenvalue weighted by Crippen LogP contribution is 2.38. The standard InChI is InChI=1S/C40H52N4O10/c1-8-10-17-29(45)53-33-34(54-30(46)18-11-9-2)38(50)44(37(33)49)31-27(19-20-28-41-21-14-22-42-28)43(36(31)48)32(35(47)40(5,6)7)39(51)52-23-25-15-12-13-16-26(25)24(3)4/h12-16,21-22,24,27,31-34H,8-11,17-20,23H2,1-7H3. The second-order valence-electron chi connectivity index (χ2n) is 15.0. The monoisotopic (exact) mass is 748 g/mol. The van der Waals surface area contributed by atoms with Crippen molar-refractivity contribution in [2.75, 3.05) is 0 Å². The Balaban J connectivity index is 1.72. The van der Waals surface area contributed by atoms with Crippen molar-refractivity contribution in [3.05, 3.63) is 59.7 Å². The number of carbonyl (C=O) groups excluding carboxylic acids is 7. The smallest absolute Gasteiger partial charge is 0.337 e. The molecular formula is C40H52N4O10. The van der Waals surface area contributed by atoms with E-state index in [9.17, 15) is 33.6 Å². The van der Waals surface area contributed by atoms with Crippen molar-refractivity contribution < 1.29 is 47.8 Å². The molecule has 2 saturated heterocycles. The molecule has 2 fully saturated rings. The highest BCUT2D eigenvalue weighted by molar-refractivity contribution is 6.15. The molecule has 0 spiro atoms. The number of Topliss-reactive ketones (excluding diaryl/α,β-unsaturated/α-hetero) is 1. The molecular weight excluding hydrogens is 696 g/mol. The summed E-state index contributed by atoms with van der Waals surface area (Å²) in [4.78, 5) is 106. The van der Waals surface area contributed by atoms with Crippen LogP contribution in [0.4, 0.5) is 0 Å². The lowest BCUT2D eigenvalue weighted by Gasteiger charge is -2.52. The van der Waals surface area contributed by atoms with E-state index in [2.05, 4.69) is 9.97 Å². The van der Waals surface area contributed by atoms with Gasteiger partial charge in [0.25, 0.3) is 11.8 Å². The van der Waals surface area contributed by atoms with Crippen LogP contribution in [0.5, 0.6) is 0 Å². The predicted molar refractivity (Wildman–Crippen MR) is 194 cm³/mol. The molecule has 0 N–H and O–H groups in total. The molecule has 2 aliphatic heterocycles. The van der Waals surface area contributed by atoms with Crippen molar-refractivity contribution >= 4 is 41.4 Å². The Morgan fingerprint density at radius 3 is 1.89 bits per heavy atom. The molecule has 1 aromatic heterocycles. The fraction of sp³-hybridized carbons (Fsp3) is 0.575. The second kappa shape index (κ2) is 18.4. The first-order valence-electron chi connectivity index (χ1n) is 18.7. The first-order chi connectivity index (χ1) is 25.6. The topological polar surface area (TPSA) is 179 Å². The number of β-lactam (4-membered cyclic amide) rings is 1. The average Bonchev–Trinajstić information content (AvgIpc) is 3.35. The number of aryl methyl sites for hydroxylation is 1. The number of unbranched alkanes of at least 4 members (excludes halogenated alkanes) is 2. The van der Waals surface area contributed by atoms with Gasteiger partial charge in [0.05, 0.1) is 6.04 Å². The van der Waals surface area contributed by atoms with Gasteiger partial charge in [-0.15, -0.1) is 0 Å². The van der Waals surface area contributed by atoms with Gasteiger partial charge in [-0.25, -0.2) is 14.8 Å². The van der Waals surface area contributed by atoms with Crippen molar-refractivity contribution in [2.45, 2.75) is 143 Å². The number of hydrogen-bond acceptors (Lipinski definition) is 12. The van der Waals surface area contributed by atoms with Crippen LogP contribution in [0.1, 0.15) is 116 Å². The number of nitrogens with zero attached hydrogens (tertiary/aromatic N) is 4. The van der Waals surface area contributed by atoms with E-state index in [1.807, 2.05) is 52.0 Å². The molecule has 4 rings (SSSR count). The first kappa shape index (κ1) is 41.7. The average molecular weight is 749 g/mol. The number of aromatic nitrogens is 2. The molecule has 0 aliphatic carbocycles. The Hall–Kier alpha value is -5.01. The fourth-order valence-electron chi connectivity index (χ4n) is 6.58. The van der Waals surface area contributed by atoms with Gasteiger partial charge in [-0.05, 0) is 42.4 Å². The zero-order chi connectivity index (χ0) is 39.7. The van der Waals surface area contributed by atoms with Crippen molar-refractivity contribution in [1.29, 1.82) is 0 Å². The third-order valence-electron chi connectivity index (χ3n) is 9.55. The number of amides is 3. The van der Waals surface area contributed by atoms with Crippen LogP contribution >= 0.6 is 0 Å². The minimum atomic E-state index is -1.81. The molecule has 2 aromatic rings. The van der Waals surface area contributed by atoms with Crippen molar-refractivity contribution in [3.63, 3.8) is 0 Å². The van der Waals surface area contributed by atoms with Gasteiger partial charge >= 0.3 is 17.9 Å². The summed E-state index contributed by atoms with van der Waals surface area (Å²) < 4.78 is 16.7. The zero-order valence-electron chi connectivity index (χ0n) is 32.2. The van der Waals surface area contributed by atoms with Crippen molar-refractivity contribution in [1.82, 2.24) is 19.8 Å². The van der Waals surface area contributed by atoms with Crippen LogP contribution in [0.2, 0.25) is 0 Å². The van der Waals surface area contributed by atoms with Crippen LogP contribution in [-0.2, 0) is 60.8 Å². The molecule has 54 heavy (non-hydrogen) atoms. The lowest BCUT2D eigenvalue weighted by atomic mass is 9.80. The van der Waals surface area contributed by atoms with E-state index in [1.54, 1.807) is 26.8 Å². The highest BCUT2D eigenvalue weighted by atomic mass is 16.6. The summed E-state index contributed by atoms with van der Waals surface area (Å²) in [6.45, 7) is 12.4. The summed E-state index contributed by atoms with van der Waals surface area (Å²) in [5.74, 6) is -5.55. The molecule has 2 aliphatic rings. The van der Waals surface area contributed by atoms with E-state index < -0.39 is 77.2 Å². The normalized spacial score (nSPS) is 20.5. The maximum absolute atomic E-state index is 14.4. The third kappa shape index (κ3) is 9.55. The van der Waals surface area contributed by atoms with E-state index >= 15 is 0 Å². The van der Waals surface area contributed by atoms with Gasteiger partial charge in [-0.2, -0.15) is 0 Å². The Bertz CT molecular complexity index is 1670. The Morgan fingerprint density at radius 2 is 1.37 bits per heavy atom. The Kier molecular flexibility index (Phi) is 14.2. The maximum Gasteiger partial charge on any atom is 0.337 e. The largest absolute Gasteiger partial charge is 0.459 e. The lowest BCUT2D eigenvalue weighted by molar-refractivity contribution is -0.183. The zero-order valence-corrected chi connectivity index (χ0v) is 32.2. The lowest BCUT2D eigenvalue weighted by Crippen LogP contribution is -2.76. The predicted octanol–water partition coefficient (Wildman–Crippen LogP) is 4.41. The molecule has 14 nitrogen and oxygen atoms in total. The number of rotatable bonds is 18. The quantitative estimate of drug-likeness (QED) is 0.0690. The van der Waals surface area contributed by atoms with Gasteiger partial charge in [0.2, 0.25) is 18.1 Å². The van der Waals surface area contributed by atoms with E-state index in [0.29, 0.717) is 36.4 Å². The molecule has 0 bridgehead atoms. The number of benzene rings is 1. The second-order valence-corrected chi connectivity index (χ2v) is 15.0. The summed E-state index contributed by atoms with van der Waals surface area (Å²) in [7, 11) is 0. The van der Waals surface area contributed by atoms with Gasteiger partial charge in [0.15, 0.2) is 11.8 Å². The highest BCUT2D eigenvalue weighted by Gasteiger charge is 2.64. The summed E-state index contributed by atoms with van der Waals surface area (Å²) in [6, 6.07) is 4.72. The van der Waals surface area contributed by atoms with E-state index in [1.165, 1.54) is 12.4 Å². The first-order valence-corrected chi connectivity index (χ1v) is 18.7. The van der Waals surface area contributed by atoms with Gasteiger partial charge in [-0.3, -0.25) is 33.7 Å². The molecule has 14 heteroatoms. The summed E-state index contributed by atoms with van der Waals surface area (Å²) in [5.41, 5.74) is 0.568. The Labute approximate surface area is 316 Å². The number of likely N-dealkylation sites (tertiary alicyclic amines) is 2. The maximum atomic E-state index is 14.4. The molecule has 1 aromatic carbocycles. The van der Waals surface area contributed by atoms with Crippen LogP contribution in [0, 0.1) is 5.41 Å². The molecule has 5 atom stereocenters. The number of imide groups is 1. The van der Waals surface area contributed by atoms with Gasteiger partial charge in [0, 0.05) is 37.1 Å². The summed E-state index contributed by atoms with van der Waals surface area (Å²) in [6.07, 6.45) is 1.76. The van der Waals surface area contributed by atoms with Crippen LogP contribution in [0.3, 0.4) is 0 Å². The fourth-order valence-corrected chi connectivity index (χ4v) is 6.58.